The van der Waals surface area contributed by atoms with E-state index in [1.54, 1.807) is 54.1 Å². The van der Waals surface area contributed by atoms with E-state index >= 15 is 0 Å². The van der Waals surface area contributed by atoms with Gasteiger partial charge in [-0.1, -0.05) is 23.9 Å². The summed E-state index contributed by atoms with van der Waals surface area (Å²) in [4.78, 5) is 25.1. The molecule has 0 aliphatic heterocycles. The number of methoxy groups -OCH3 is 2. The van der Waals surface area contributed by atoms with E-state index in [0.29, 0.717) is 40.3 Å². The van der Waals surface area contributed by atoms with Crippen molar-refractivity contribution in [3.8, 4) is 11.5 Å². The van der Waals surface area contributed by atoms with Gasteiger partial charge in [-0.3, -0.25) is 9.59 Å². The van der Waals surface area contributed by atoms with Crippen LogP contribution in [-0.2, 0) is 11.3 Å². The molecule has 1 atom stereocenters. The third-order valence-electron chi connectivity index (χ3n) is 4.93. The van der Waals surface area contributed by atoms with Crippen molar-refractivity contribution in [3.63, 3.8) is 0 Å². The van der Waals surface area contributed by atoms with E-state index in [2.05, 4.69) is 20.8 Å². The van der Waals surface area contributed by atoms with Gasteiger partial charge in [0.05, 0.1) is 32.3 Å². The summed E-state index contributed by atoms with van der Waals surface area (Å²) in [6.07, 6.45) is 0. The zero-order chi connectivity index (χ0) is 24.5. The number of amides is 2. The summed E-state index contributed by atoms with van der Waals surface area (Å²) in [5.41, 5.74) is 0.999. The van der Waals surface area contributed by atoms with Crippen molar-refractivity contribution in [3.05, 3.63) is 59.9 Å². The smallest absolute Gasteiger partial charge is 0.251 e. The molecule has 3 aromatic rings. The molecule has 0 saturated heterocycles. The van der Waals surface area contributed by atoms with Crippen LogP contribution in [0.5, 0.6) is 11.5 Å². The van der Waals surface area contributed by atoms with Crippen LogP contribution < -0.4 is 20.1 Å². The molecule has 0 bridgehead atoms. The molecule has 11 heteroatoms. The standard InChI is InChI=1S/C23H27N5O5S/c1-4-28-21(18(13-29)25-22(31)15-9-11-16(32-2)12-10-15)26-27-23(28)34-14-20(30)24-17-7-5-6-8-19(17)33-3/h5-12,18,29H,4,13-14H2,1-3H3,(H,24,30)(H,25,31)/t18-/m0/s1. The highest BCUT2D eigenvalue weighted by Gasteiger charge is 2.23. The number of rotatable bonds is 11. The summed E-state index contributed by atoms with van der Waals surface area (Å²) in [5.74, 6) is 1.11. The minimum absolute atomic E-state index is 0.0954. The first-order valence-corrected chi connectivity index (χ1v) is 11.5. The van der Waals surface area contributed by atoms with Gasteiger partial charge in [-0.25, -0.2) is 0 Å². The van der Waals surface area contributed by atoms with Crippen LogP contribution in [-0.4, -0.2) is 58.3 Å². The fraction of sp³-hybridized carbons (Fsp3) is 0.304. The highest BCUT2D eigenvalue weighted by molar-refractivity contribution is 7.99. The molecule has 0 radical (unpaired) electrons. The van der Waals surface area contributed by atoms with Crippen LogP contribution in [0.1, 0.15) is 29.1 Å². The van der Waals surface area contributed by atoms with E-state index in [0.717, 1.165) is 0 Å². The Morgan fingerprint density at radius 3 is 2.47 bits per heavy atom. The van der Waals surface area contributed by atoms with Gasteiger partial charge < -0.3 is 29.8 Å². The largest absolute Gasteiger partial charge is 0.497 e. The Morgan fingerprint density at radius 2 is 1.82 bits per heavy atom. The average Bonchev–Trinajstić information content (AvgIpc) is 3.29. The zero-order valence-corrected chi connectivity index (χ0v) is 20.0. The van der Waals surface area contributed by atoms with Gasteiger partial charge in [0.1, 0.15) is 17.5 Å². The second-order valence-corrected chi connectivity index (χ2v) is 8.00. The molecule has 2 amide bonds. The highest BCUT2D eigenvalue weighted by atomic mass is 32.2. The van der Waals surface area contributed by atoms with Crippen molar-refractivity contribution in [1.82, 2.24) is 20.1 Å². The average molecular weight is 486 g/mol. The quantitative estimate of drug-likeness (QED) is 0.354. The number of anilines is 1. The molecule has 10 nitrogen and oxygen atoms in total. The number of hydrogen-bond donors (Lipinski definition) is 3. The lowest BCUT2D eigenvalue weighted by Gasteiger charge is -2.17. The van der Waals surface area contributed by atoms with E-state index in [4.69, 9.17) is 9.47 Å². The topological polar surface area (TPSA) is 128 Å². The third kappa shape index (κ3) is 6.06. The lowest BCUT2D eigenvalue weighted by molar-refractivity contribution is -0.113. The Kier molecular flexibility index (Phi) is 8.88. The van der Waals surface area contributed by atoms with Crippen molar-refractivity contribution < 1.29 is 24.2 Å². The summed E-state index contributed by atoms with van der Waals surface area (Å²) in [7, 11) is 3.09. The van der Waals surface area contributed by atoms with Gasteiger partial charge in [-0.15, -0.1) is 10.2 Å². The fourth-order valence-electron chi connectivity index (χ4n) is 3.20. The fourth-order valence-corrected chi connectivity index (χ4v) is 4.01. The maximum Gasteiger partial charge on any atom is 0.251 e. The third-order valence-corrected chi connectivity index (χ3v) is 5.89. The molecule has 0 spiro atoms. The van der Waals surface area contributed by atoms with Crippen LogP contribution in [0, 0.1) is 0 Å². The molecule has 180 valence electrons. The molecule has 34 heavy (non-hydrogen) atoms. The van der Waals surface area contributed by atoms with Crippen LogP contribution in [0.3, 0.4) is 0 Å². The molecule has 1 heterocycles. The van der Waals surface area contributed by atoms with Gasteiger partial charge in [0, 0.05) is 12.1 Å². The second kappa shape index (κ2) is 12.1. The van der Waals surface area contributed by atoms with Crippen molar-refractivity contribution >= 4 is 29.3 Å². The number of aromatic nitrogens is 3. The van der Waals surface area contributed by atoms with Crippen LogP contribution in [0.15, 0.2) is 53.7 Å². The molecule has 3 rings (SSSR count). The number of hydrogen-bond acceptors (Lipinski definition) is 8. The number of carbonyl (C=O) groups is 2. The summed E-state index contributed by atoms with van der Waals surface area (Å²) in [5, 5.41) is 24.3. The molecule has 0 unspecified atom stereocenters. The maximum absolute atomic E-state index is 12.6. The summed E-state index contributed by atoms with van der Waals surface area (Å²) in [6, 6.07) is 13.0. The highest BCUT2D eigenvalue weighted by Crippen LogP contribution is 2.25. The Labute approximate surface area is 201 Å². The summed E-state index contributed by atoms with van der Waals surface area (Å²) >= 11 is 1.21. The number of benzene rings is 2. The summed E-state index contributed by atoms with van der Waals surface area (Å²) in [6.45, 7) is 2.03. The molecule has 2 aromatic carbocycles. The van der Waals surface area contributed by atoms with Crippen molar-refractivity contribution in [1.29, 1.82) is 0 Å². The Bertz CT molecular complexity index is 1120. The number of carbonyl (C=O) groups excluding carboxylic acids is 2. The number of aliphatic hydroxyl groups is 1. The van der Waals surface area contributed by atoms with Gasteiger partial charge >= 0.3 is 0 Å². The van der Waals surface area contributed by atoms with Gasteiger partial charge in [-0.05, 0) is 43.3 Å². The van der Waals surface area contributed by atoms with Gasteiger partial charge in [0.25, 0.3) is 5.91 Å². The second-order valence-electron chi connectivity index (χ2n) is 7.06. The first kappa shape index (κ1) is 25.1. The lowest BCUT2D eigenvalue weighted by atomic mass is 10.2. The van der Waals surface area contributed by atoms with E-state index in [-0.39, 0.29) is 24.2 Å². The number of nitrogens with one attached hydrogen (secondary N) is 2. The number of nitrogens with zero attached hydrogens (tertiary/aromatic N) is 3. The number of thioether (sulfide) groups is 1. The van der Waals surface area contributed by atoms with Crippen LogP contribution >= 0.6 is 11.8 Å². The summed E-state index contributed by atoms with van der Waals surface area (Å²) < 4.78 is 12.1. The molecule has 0 aliphatic rings. The lowest BCUT2D eigenvalue weighted by Crippen LogP contribution is -2.32. The number of para-hydroxylation sites is 2. The first-order valence-electron chi connectivity index (χ1n) is 10.5. The number of ether oxygens (including phenoxy) is 2. The molecule has 0 aliphatic carbocycles. The van der Waals surface area contributed by atoms with Gasteiger partial charge in [0.15, 0.2) is 11.0 Å². The molecule has 3 N–H and O–H groups in total. The minimum atomic E-state index is -0.765. The van der Waals surface area contributed by atoms with Gasteiger partial charge in [0.2, 0.25) is 5.91 Å². The normalized spacial score (nSPS) is 11.5. The van der Waals surface area contributed by atoms with E-state index in [9.17, 15) is 14.7 Å². The Balaban J connectivity index is 1.66. The molecular weight excluding hydrogens is 458 g/mol. The SMILES string of the molecule is CCn1c(SCC(=O)Nc2ccccc2OC)nnc1[C@H](CO)NC(=O)c1ccc(OC)cc1. The predicted octanol–water partition coefficient (Wildman–Crippen LogP) is 2.51. The Hall–Kier alpha value is -3.57. The van der Waals surface area contributed by atoms with E-state index in [1.807, 2.05) is 13.0 Å². The van der Waals surface area contributed by atoms with Crippen molar-refractivity contribution in [2.45, 2.75) is 24.7 Å². The first-order chi connectivity index (χ1) is 16.5. The van der Waals surface area contributed by atoms with Crippen LogP contribution in [0.25, 0.3) is 0 Å². The van der Waals surface area contributed by atoms with E-state index < -0.39 is 6.04 Å². The predicted molar refractivity (Wildman–Crippen MR) is 128 cm³/mol. The van der Waals surface area contributed by atoms with Crippen molar-refractivity contribution in [2.24, 2.45) is 0 Å². The molecule has 0 fully saturated rings. The number of aliphatic hydroxyl groups excluding tert-OH is 1. The minimum Gasteiger partial charge on any atom is -0.497 e. The van der Waals surface area contributed by atoms with Crippen LogP contribution in [0.2, 0.25) is 0 Å². The zero-order valence-electron chi connectivity index (χ0n) is 19.1. The molecular formula is C23H27N5O5S. The van der Waals surface area contributed by atoms with Crippen molar-refractivity contribution in [2.75, 3.05) is 31.9 Å². The Morgan fingerprint density at radius 1 is 1.09 bits per heavy atom. The molecule has 0 saturated carbocycles. The van der Waals surface area contributed by atoms with E-state index in [1.165, 1.54) is 18.9 Å². The monoisotopic (exact) mass is 485 g/mol. The maximum atomic E-state index is 12.6. The molecule has 1 aromatic heterocycles. The van der Waals surface area contributed by atoms with Crippen LogP contribution in [0.4, 0.5) is 5.69 Å². The van der Waals surface area contributed by atoms with Gasteiger partial charge in [-0.2, -0.15) is 0 Å².